The third-order valence-electron chi connectivity index (χ3n) is 3.17. The Bertz CT molecular complexity index is 330. The topological polar surface area (TPSA) is 15.3 Å². The molecule has 1 N–H and O–H groups in total. The van der Waals surface area contributed by atoms with Crippen molar-refractivity contribution < 1.29 is 0 Å². The normalized spacial score (nSPS) is 16.8. The minimum atomic E-state index is 0.586. The first-order valence-corrected chi connectivity index (χ1v) is 6.25. The van der Waals surface area contributed by atoms with Crippen LogP contribution in [0.15, 0.2) is 24.3 Å². The maximum Gasteiger partial charge on any atom is 0.0406 e. The van der Waals surface area contributed by atoms with Gasteiger partial charge >= 0.3 is 0 Å². The van der Waals surface area contributed by atoms with Crippen molar-refractivity contribution in [2.75, 3.05) is 13.1 Å². The summed E-state index contributed by atoms with van der Waals surface area (Å²) in [4.78, 5) is 2.54. The predicted octanol–water partition coefficient (Wildman–Crippen LogP) is 2.52. The molecule has 0 atom stereocenters. The van der Waals surface area contributed by atoms with E-state index in [2.05, 4.69) is 36.2 Å². The number of halogens is 1. The smallest absolute Gasteiger partial charge is 0.0406 e. The van der Waals surface area contributed by atoms with E-state index in [4.69, 9.17) is 11.6 Å². The monoisotopic (exact) mass is 238 g/mol. The van der Waals surface area contributed by atoms with E-state index in [0.717, 1.165) is 24.7 Å². The van der Waals surface area contributed by atoms with Crippen LogP contribution < -0.4 is 5.32 Å². The quantitative estimate of drug-likeness (QED) is 0.867. The fourth-order valence-corrected chi connectivity index (χ4v) is 2.17. The molecule has 0 amide bonds. The SMILES string of the molecule is CC(C)N(Cc1ccc(Cl)cc1)C1CNC1. The molecule has 0 aliphatic carbocycles. The Labute approximate surface area is 103 Å². The Kier molecular flexibility index (Phi) is 3.85. The summed E-state index contributed by atoms with van der Waals surface area (Å²) in [6, 6.07) is 9.44. The Morgan fingerprint density at radius 2 is 1.94 bits per heavy atom. The predicted molar refractivity (Wildman–Crippen MR) is 68.8 cm³/mol. The van der Waals surface area contributed by atoms with Gasteiger partial charge in [0.05, 0.1) is 0 Å². The summed E-state index contributed by atoms with van der Waals surface area (Å²) in [5.74, 6) is 0. The number of nitrogens with zero attached hydrogens (tertiary/aromatic N) is 1. The molecule has 1 aromatic rings. The summed E-state index contributed by atoms with van der Waals surface area (Å²) in [7, 11) is 0. The van der Waals surface area contributed by atoms with Crippen molar-refractivity contribution in [3.63, 3.8) is 0 Å². The van der Waals surface area contributed by atoms with Gasteiger partial charge in [0.2, 0.25) is 0 Å². The lowest BCUT2D eigenvalue weighted by Crippen LogP contribution is -2.58. The summed E-state index contributed by atoms with van der Waals surface area (Å²) in [6.07, 6.45) is 0. The second kappa shape index (κ2) is 5.17. The van der Waals surface area contributed by atoms with Gasteiger partial charge in [-0.25, -0.2) is 0 Å². The zero-order valence-electron chi connectivity index (χ0n) is 9.91. The lowest BCUT2D eigenvalue weighted by atomic mass is 10.1. The van der Waals surface area contributed by atoms with Gasteiger partial charge in [-0.3, -0.25) is 4.90 Å². The molecular formula is C13H19ClN2. The van der Waals surface area contributed by atoms with Crippen molar-refractivity contribution in [2.24, 2.45) is 0 Å². The maximum absolute atomic E-state index is 5.89. The standard InChI is InChI=1S/C13H19ClN2/c1-10(2)16(13-7-15-8-13)9-11-3-5-12(14)6-4-11/h3-6,10,13,15H,7-9H2,1-2H3. The van der Waals surface area contributed by atoms with Gasteiger partial charge in [-0.1, -0.05) is 23.7 Å². The van der Waals surface area contributed by atoms with Crippen molar-refractivity contribution >= 4 is 11.6 Å². The lowest BCUT2D eigenvalue weighted by molar-refractivity contribution is 0.103. The minimum Gasteiger partial charge on any atom is -0.314 e. The molecule has 1 saturated heterocycles. The summed E-state index contributed by atoms with van der Waals surface area (Å²) in [5, 5.41) is 4.14. The van der Waals surface area contributed by atoms with Crippen molar-refractivity contribution in [1.82, 2.24) is 10.2 Å². The molecular weight excluding hydrogens is 220 g/mol. The molecule has 1 aliphatic rings. The molecule has 3 heteroatoms. The summed E-state index contributed by atoms with van der Waals surface area (Å²) < 4.78 is 0. The number of rotatable bonds is 4. The summed E-state index contributed by atoms with van der Waals surface area (Å²) >= 11 is 5.89. The van der Waals surface area contributed by atoms with Crippen LogP contribution in [0.4, 0.5) is 0 Å². The van der Waals surface area contributed by atoms with E-state index >= 15 is 0 Å². The van der Waals surface area contributed by atoms with Crippen molar-refractivity contribution in [1.29, 1.82) is 0 Å². The first-order chi connectivity index (χ1) is 7.66. The van der Waals surface area contributed by atoms with Gasteiger partial charge in [-0.2, -0.15) is 0 Å². The van der Waals surface area contributed by atoms with Gasteiger partial charge in [0.1, 0.15) is 0 Å². The zero-order valence-corrected chi connectivity index (χ0v) is 10.7. The minimum absolute atomic E-state index is 0.586. The average Bonchev–Trinajstić information content (AvgIpc) is 2.17. The van der Waals surface area contributed by atoms with Gasteiger partial charge in [0.15, 0.2) is 0 Å². The maximum atomic E-state index is 5.89. The third-order valence-corrected chi connectivity index (χ3v) is 3.42. The van der Waals surface area contributed by atoms with Gasteiger partial charge in [-0.15, -0.1) is 0 Å². The zero-order chi connectivity index (χ0) is 11.5. The molecule has 16 heavy (non-hydrogen) atoms. The van der Waals surface area contributed by atoms with E-state index in [1.54, 1.807) is 0 Å². The molecule has 0 radical (unpaired) electrons. The van der Waals surface area contributed by atoms with Crippen LogP contribution in [0.5, 0.6) is 0 Å². The van der Waals surface area contributed by atoms with Crippen LogP contribution in [-0.2, 0) is 6.54 Å². The molecule has 2 nitrogen and oxygen atoms in total. The average molecular weight is 239 g/mol. The Balaban J connectivity index is 2.02. The van der Waals surface area contributed by atoms with Gasteiger partial charge in [0, 0.05) is 36.7 Å². The molecule has 2 rings (SSSR count). The first-order valence-electron chi connectivity index (χ1n) is 5.87. The highest BCUT2D eigenvalue weighted by molar-refractivity contribution is 6.30. The van der Waals surface area contributed by atoms with Crippen LogP contribution in [0, 0.1) is 0 Å². The van der Waals surface area contributed by atoms with Crippen molar-refractivity contribution in [2.45, 2.75) is 32.5 Å². The molecule has 0 spiro atoms. The fourth-order valence-electron chi connectivity index (χ4n) is 2.04. The number of benzene rings is 1. The fraction of sp³-hybridized carbons (Fsp3) is 0.538. The van der Waals surface area contributed by atoms with Gasteiger partial charge in [-0.05, 0) is 31.5 Å². The third kappa shape index (κ3) is 2.76. The second-order valence-corrected chi connectivity index (χ2v) is 5.14. The van der Waals surface area contributed by atoms with Crippen molar-refractivity contribution in [3.05, 3.63) is 34.9 Å². The summed E-state index contributed by atoms with van der Waals surface area (Å²) in [5.41, 5.74) is 1.34. The first kappa shape index (κ1) is 11.9. The lowest BCUT2D eigenvalue weighted by Gasteiger charge is -2.40. The van der Waals surface area contributed by atoms with Crippen LogP contribution >= 0.6 is 11.6 Å². The summed E-state index contributed by atoms with van der Waals surface area (Å²) in [6.45, 7) is 7.77. The van der Waals surface area contributed by atoms with Crippen LogP contribution in [0.25, 0.3) is 0 Å². The Morgan fingerprint density at radius 1 is 1.31 bits per heavy atom. The molecule has 0 aromatic heterocycles. The van der Waals surface area contributed by atoms with E-state index in [1.807, 2.05) is 12.1 Å². The largest absolute Gasteiger partial charge is 0.314 e. The van der Waals surface area contributed by atoms with E-state index < -0.39 is 0 Å². The number of nitrogens with one attached hydrogen (secondary N) is 1. The highest BCUT2D eigenvalue weighted by atomic mass is 35.5. The Hall–Kier alpha value is -0.570. The molecule has 1 fully saturated rings. The van der Waals surface area contributed by atoms with E-state index in [9.17, 15) is 0 Å². The molecule has 88 valence electrons. The highest BCUT2D eigenvalue weighted by Crippen LogP contribution is 2.16. The van der Waals surface area contributed by atoms with Gasteiger partial charge < -0.3 is 5.32 Å². The van der Waals surface area contributed by atoms with E-state index in [0.29, 0.717) is 12.1 Å². The van der Waals surface area contributed by atoms with Crippen LogP contribution in [0.3, 0.4) is 0 Å². The molecule has 1 heterocycles. The number of hydrogen-bond acceptors (Lipinski definition) is 2. The van der Waals surface area contributed by atoms with Gasteiger partial charge in [0.25, 0.3) is 0 Å². The van der Waals surface area contributed by atoms with Crippen LogP contribution in [-0.4, -0.2) is 30.1 Å². The van der Waals surface area contributed by atoms with Crippen molar-refractivity contribution in [3.8, 4) is 0 Å². The molecule has 1 aromatic carbocycles. The molecule has 0 saturated carbocycles. The van der Waals surface area contributed by atoms with E-state index in [1.165, 1.54) is 5.56 Å². The highest BCUT2D eigenvalue weighted by Gasteiger charge is 2.26. The Morgan fingerprint density at radius 3 is 2.38 bits per heavy atom. The molecule has 0 bridgehead atoms. The van der Waals surface area contributed by atoms with Crippen LogP contribution in [0.2, 0.25) is 5.02 Å². The van der Waals surface area contributed by atoms with Crippen LogP contribution in [0.1, 0.15) is 19.4 Å². The number of hydrogen-bond donors (Lipinski definition) is 1. The second-order valence-electron chi connectivity index (χ2n) is 4.70. The van der Waals surface area contributed by atoms with E-state index in [-0.39, 0.29) is 0 Å². The molecule has 1 aliphatic heterocycles. The molecule has 0 unspecified atom stereocenters.